The Kier molecular flexibility index (Phi) is 4.48. The number of hydrogen-bond acceptors (Lipinski definition) is 2. The Hall–Kier alpha value is -2.07. The number of nitrogens with zero attached hydrogens (tertiary/aromatic N) is 1. The molecule has 4 nitrogen and oxygen atoms in total. The summed E-state index contributed by atoms with van der Waals surface area (Å²) < 4.78 is 0. The fraction of sp³-hybridized carbons (Fsp3) is 0.250. The molecule has 1 aromatic carbocycles. The number of hydrogen-bond donors (Lipinski definition) is 2. The van der Waals surface area contributed by atoms with Crippen molar-refractivity contribution >= 4 is 29.0 Å². The predicted molar refractivity (Wildman–Crippen MR) is 87.0 cm³/mol. The van der Waals surface area contributed by atoms with Gasteiger partial charge in [-0.2, -0.15) is 0 Å². The Labute approximate surface area is 129 Å². The lowest BCUT2D eigenvalue weighted by molar-refractivity contribution is 0.262. The van der Waals surface area contributed by atoms with Gasteiger partial charge in [0.25, 0.3) is 0 Å². The standard InChI is InChI=1S/C16H18ClN3O/c1-16(2,3)14-10-13(8-9-18-14)20-15(21)19-12-6-4-11(17)5-7-12/h4-10H,1-3H3,(H2,18,19,20,21). The van der Waals surface area contributed by atoms with Crippen molar-refractivity contribution < 1.29 is 4.79 Å². The summed E-state index contributed by atoms with van der Waals surface area (Å²) >= 11 is 5.80. The molecule has 2 amide bonds. The predicted octanol–water partition coefficient (Wildman–Crippen LogP) is 4.68. The van der Waals surface area contributed by atoms with Crippen molar-refractivity contribution in [3.8, 4) is 0 Å². The summed E-state index contributed by atoms with van der Waals surface area (Å²) in [4.78, 5) is 16.3. The summed E-state index contributed by atoms with van der Waals surface area (Å²) in [6, 6.07) is 10.3. The third-order valence-electron chi connectivity index (χ3n) is 2.89. The molecular weight excluding hydrogens is 286 g/mol. The summed E-state index contributed by atoms with van der Waals surface area (Å²) in [5, 5.41) is 6.17. The molecule has 0 aliphatic heterocycles. The number of aromatic nitrogens is 1. The highest BCUT2D eigenvalue weighted by Crippen LogP contribution is 2.22. The van der Waals surface area contributed by atoms with E-state index in [0.29, 0.717) is 16.4 Å². The molecule has 0 bridgehead atoms. The maximum atomic E-state index is 12.0. The average molecular weight is 304 g/mol. The van der Waals surface area contributed by atoms with E-state index in [2.05, 4.69) is 36.4 Å². The van der Waals surface area contributed by atoms with Crippen molar-refractivity contribution in [2.75, 3.05) is 10.6 Å². The minimum absolute atomic E-state index is 0.0651. The highest BCUT2D eigenvalue weighted by molar-refractivity contribution is 6.30. The van der Waals surface area contributed by atoms with Crippen LogP contribution in [0.15, 0.2) is 42.6 Å². The second kappa shape index (κ2) is 6.14. The highest BCUT2D eigenvalue weighted by atomic mass is 35.5. The Morgan fingerprint density at radius 3 is 2.29 bits per heavy atom. The number of anilines is 2. The van der Waals surface area contributed by atoms with E-state index in [0.717, 1.165) is 5.69 Å². The second-order valence-electron chi connectivity index (χ2n) is 5.77. The van der Waals surface area contributed by atoms with E-state index in [1.165, 1.54) is 0 Å². The quantitative estimate of drug-likeness (QED) is 0.846. The maximum absolute atomic E-state index is 12.0. The smallest absolute Gasteiger partial charge is 0.308 e. The van der Waals surface area contributed by atoms with Gasteiger partial charge in [0.1, 0.15) is 0 Å². The zero-order valence-corrected chi connectivity index (χ0v) is 13.0. The molecule has 2 N–H and O–H groups in total. The van der Waals surface area contributed by atoms with Crippen LogP contribution in [0.5, 0.6) is 0 Å². The van der Waals surface area contributed by atoms with Crippen LogP contribution in [0.1, 0.15) is 26.5 Å². The molecule has 1 aromatic heterocycles. The normalized spacial score (nSPS) is 11.0. The monoisotopic (exact) mass is 303 g/mol. The molecule has 21 heavy (non-hydrogen) atoms. The minimum atomic E-state index is -0.302. The molecule has 0 saturated carbocycles. The van der Waals surface area contributed by atoms with Gasteiger partial charge in [0.15, 0.2) is 0 Å². The fourth-order valence-electron chi connectivity index (χ4n) is 1.75. The van der Waals surface area contributed by atoms with Crippen LogP contribution in [0.2, 0.25) is 5.02 Å². The molecule has 0 radical (unpaired) electrons. The summed E-state index contributed by atoms with van der Waals surface area (Å²) in [6.07, 6.45) is 1.69. The van der Waals surface area contributed by atoms with Crippen LogP contribution in [0.4, 0.5) is 16.2 Å². The van der Waals surface area contributed by atoms with Crippen LogP contribution in [-0.2, 0) is 5.41 Å². The molecular formula is C16H18ClN3O. The van der Waals surface area contributed by atoms with E-state index in [1.807, 2.05) is 6.07 Å². The summed E-state index contributed by atoms with van der Waals surface area (Å²) in [7, 11) is 0. The third kappa shape index (κ3) is 4.46. The van der Waals surface area contributed by atoms with Crippen molar-refractivity contribution in [1.82, 2.24) is 4.98 Å². The van der Waals surface area contributed by atoms with Crippen LogP contribution in [0, 0.1) is 0 Å². The van der Waals surface area contributed by atoms with Gasteiger partial charge in [-0.15, -0.1) is 0 Å². The van der Waals surface area contributed by atoms with E-state index in [9.17, 15) is 4.79 Å². The molecule has 0 spiro atoms. The van der Waals surface area contributed by atoms with E-state index < -0.39 is 0 Å². The van der Waals surface area contributed by atoms with E-state index in [4.69, 9.17) is 11.6 Å². The number of nitrogens with one attached hydrogen (secondary N) is 2. The van der Waals surface area contributed by atoms with Gasteiger partial charge in [0.05, 0.1) is 0 Å². The number of amides is 2. The Morgan fingerprint density at radius 1 is 1.05 bits per heavy atom. The van der Waals surface area contributed by atoms with Gasteiger partial charge in [-0.1, -0.05) is 32.4 Å². The molecule has 110 valence electrons. The average Bonchev–Trinajstić information content (AvgIpc) is 2.41. The molecule has 1 heterocycles. The number of carbonyl (C=O) groups is 1. The van der Waals surface area contributed by atoms with Crippen molar-refractivity contribution in [2.45, 2.75) is 26.2 Å². The van der Waals surface area contributed by atoms with Gasteiger partial charge >= 0.3 is 6.03 Å². The Morgan fingerprint density at radius 2 is 1.67 bits per heavy atom. The second-order valence-corrected chi connectivity index (χ2v) is 6.20. The maximum Gasteiger partial charge on any atom is 0.323 e. The van der Waals surface area contributed by atoms with Crippen molar-refractivity contribution in [3.63, 3.8) is 0 Å². The molecule has 0 saturated heterocycles. The molecule has 5 heteroatoms. The summed E-state index contributed by atoms with van der Waals surface area (Å²) in [5.41, 5.74) is 2.25. The lowest BCUT2D eigenvalue weighted by atomic mass is 9.91. The molecule has 0 unspecified atom stereocenters. The van der Waals surface area contributed by atoms with Gasteiger partial charge in [0, 0.05) is 33.7 Å². The summed E-state index contributed by atoms with van der Waals surface area (Å²) in [6.45, 7) is 6.23. The number of carbonyl (C=O) groups excluding carboxylic acids is 1. The number of halogens is 1. The molecule has 2 aromatic rings. The first-order chi connectivity index (χ1) is 9.84. The van der Waals surface area contributed by atoms with Crippen LogP contribution >= 0.6 is 11.6 Å². The van der Waals surface area contributed by atoms with Crippen molar-refractivity contribution in [2.24, 2.45) is 0 Å². The van der Waals surface area contributed by atoms with Gasteiger partial charge in [-0.3, -0.25) is 4.98 Å². The van der Waals surface area contributed by atoms with Crippen molar-refractivity contribution in [1.29, 1.82) is 0 Å². The van der Waals surface area contributed by atoms with Gasteiger partial charge < -0.3 is 10.6 Å². The number of benzene rings is 1. The Balaban J connectivity index is 2.04. The molecule has 0 aliphatic carbocycles. The van der Waals surface area contributed by atoms with Crippen LogP contribution in [0.25, 0.3) is 0 Å². The SMILES string of the molecule is CC(C)(C)c1cc(NC(=O)Nc2ccc(Cl)cc2)ccn1. The van der Waals surface area contributed by atoms with Gasteiger partial charge in [-0.25, -0.2) is 4.79 Å². The highest BCUT2D eigenvalue weighted by Gasteiger charge is 2.15. The van der Waals surface area contributed by atoms with Crippen molar-refractivity contribution in [3.05, 3.63) is 53.3 Å². The van der Waals surface area contributed by atoms with Crippen LogP contribution in [0.3, 0.4) is 0 Å². The van der Waals surface area contributed by atoms with E-state index >= 15 is 0 Å². The lowest BCUT2D eigenvalue weighted by Crippen LogP contribution is -2.20. The number of pyridine rings is 1. The van der Waals surface area contributed by atoms with Crippen LogP contribution < -0.4 is 10.6 Å². The van der Waals surface area contributed by atoms with Crippen LogP contribution in [-0.4, -0.2) is 11.0 Å². The molecule has 0 fully saturated rings. The minimum Gasteiger partial charge on any atom is -0.308 e. The Bertz CT molecular complexity index is 633. The molecule has 0 aliphatic rings. The number of rotatable bonds is 2. The zero-order valence-electron chi connectivity index (χ0n) is 12.3. The first-order valence-electron chi connectivity index (χ1n) is 6.65. The van der Waals surface area contributed by atoms with Gasteiger partial charge in [0.2, 0.25) is 0 Å². The zero-order chi connectivity index (χ0) is 15.5. The van der Waals surface area contributed by atoms with E-state index in [-0.39, 0.29) is 11.4 Å². The fourth-order valence-corrected chi connectivity index (χ4v) is 1.87. The van der Waals surface area contributed by atoms with Gasteiger partial charge in [-0.05, 0) is 36.4 Å². The molecule has 0 atom stereocenters. The summed E-state index contributed by atoms with van der Waals surface area (Å²) in [5.74, 6) is 0. The molecule has 2 rings (SSSR count). The largest absolute Gasteiger partial charge is 0.323 e. The third-order valence-corrected chi connectivity index (χ3v) is 3.14. The van der Waals surface area contributed by atoms with E-state index in [1.54, 1.807) is 36.5 Å². The number of urea groups is 1. The lowest BCUT2D eigenvalue weighted by Gasteiger charge is -2.18. The topological polar surface area (TPSA) is 54.0 Å². The first-order valence-corrected chi connectivity index (χ1v) is 7.02. The first kappa shape index (κ1) is 15.3.